The van der Waals surface area contributed by atoms with E-state index in [1.165, 1.54) is 25.9 Å². The van der Waals surface area contributed by atoms with Crippen molar-refractivity contribution >= 4 is 0 Å². The third kappa shape index (κ3) is 3.56. The monoisotopic (exact) mass is 199 g/mol. The molecule has 0 spiro atoms. The predicted octanol–water partition coefficient (Wildman–Crippen LogP) is 0.750. The Morgan fingerprint density at radius 3 is 2.50 bits per heavy atom. The summed E-state index contributed by atoms with van der Waals surface area (Å²) in [6.07, 6.45) is 3.67. The summed E-state index contributed by atoms with van der Waals surface area (Å²) in [5, 5.41) is 0. The molecule has 1 aliphatic rings. The Hall–Kier alpha value is -0.120. The lowest BCUT2D eigenvalue weighted by atomic mass is 10.0. The second-order valence-electron chi connectivity index (χ2n) is 4.64. The Labute approximate surface area is 88.2 Å². The van der Waals surface area contributed by atoms with Gasteiger partial charge in [0.1, 0.15) is 0 Å². The smallest absolute Gasteiger partial charge is 0.0165 e. The van der Waals surface area contributed by atoms with E-state index in [2.05, 4.69) is 30.8 Å². The van der Waals surface area contributed by atoms with Gasteiger partial charge in [-0.2, -0.15) is 0 Å². The lowest BCUT2D eigenvalue weighted by Gasteiger charge is -2.36. The molecule has 0 aromatic rings. The van der Waals surface area contributed by atoms with Gasteiger partial charge in [-0.3, -0.25) is 0 Å². The topological polar surface area (TPSA) is 32.5 Å². The van der Waals surface area contributed by atoms with Gasteiger partial charge in [-0.1, -0.05) is 6.92 Å². The number of hydrogen-bond donors (Lipinski definition) is 1. The SMILES string of the molecule is CCC(N)CN(C)C1CCN(C)CC1. The summed E-state index contributed by atoms with van der Waals surface area (Å²) in [5.41, 5.74) is 5.96. The van der Waals surface area contributed by atoms with E-state index in [9.17, 15) is 0 Å². The van der Waals surface area contributed by atoms with Crippen LogP contribution in [-0.4, -0.2) is 55.6 Å². The fourth-order valence-corrected chi connectivity index (χ4v) is 2.08. The highest BCUT2D eigenvalue weighted by atomic mass is 15.2. The van der Waals surface area contributed by atoms with Gasteiger partial charge in [0.2, 0.25) is 0 Å². The van der Waals surface area contributed by atoms with Crippen molar-refractivity contribution < 1.29 is 0 Å². The van der Waals surface area contributed by atoms with Crippen molar-refractivity contribution in [3.8, 4) is 0 Å². The van der Waals surface area contributed by atoms with Crippen molar-refractivity contribution in [2.75, 3.05) is 33.7 Å². The Morgan fingerprint density at radius 1 is 1.43 bits per heavy atom. The van der Waals surface area contributed by atoms with Crippen LogP contribution < -0.4 is 5.73 Å². The number of rotatable bonds is 4. The quantitative estimate of drug-likeness (QED) is 0.725. The number of likely N-dealkylation sites (tertiary alicyclic amines) is 1. The van der Waals surface area contributed by atoms with Gasteiger partial charge in [0.05, 0.1) is 0 Å². The summed E-state index contributed by atoms with van der Waals surface area (Å²) < 4.78 is 0. The number of nitrogens with two attached hydrogens (primary N) is 1. The molecular formula is C11H25N3. The molecule has 3 nitrogen and oxygen atoms in total. The van der Waals surface area contributed by atoms with Gasteiger partial charge < -0.3 is 15.5 Å². The second-order valence-corrected chi connectivity index (χ2v) is 4.64. The van der Waals surface area contributed by atoms with E-state index in [0.29, 0.717) is 6.04 Å². The van der Waals surface area contributed by atoms with E-state index in [4.69, 9.17) is 5.73 Å². The minimum atomic E-state index is 0.347. The molecule has 1 heterocycles. The largest absolute Gasteiger partial charge is 0.327 e. The zero-order valence-corrected chi connectivity index (χ0v) is 9.87. The molecule has 1 saturated heterocycles. The van der Waals surface area contributed by atoms with Crippen LogP contribution in [0.5, 0.6) is 0 Å². The normalized spacial score (nSPS) is 22.9. The first-order chi connectivity index (χ1) is 6.63. The fourth-order valence-electron chi connectivity index (χ4n) is 2.08. The molecule has 1 aliphatic heterocycles. The van der Waals surface area contributed by atoms with Crippen LogP contribution in [0.15, 0.2) is 0 Å². The average Bonchev–Trinajstić information content (AvgIpc) is 2.18. The average molecular weight is 199 g/mol. The summed E-state index contributed by atoms with van der Waals surface area (Å²) in [6, 6.07) is 1.10. The van der Waals surface area contributed by atoms with E-state index < -0.39 is 0 Å². The molecule has 0 radical (unpaired) electrons. The number of piperidine rings is 1. The van der Waals surface area contributed by atoms with E-state index in [-0.39, 0.29) is 0 Å². The van der Waals surface area contributed by atoms with Crippen molar-refractivity contribution in [3.05, 3.63) is 0 Å². The Balaban J connectivity index is 2.26. The van der Waals surface area contributed by atoms with Gasteiger partial charge in [0.15, 0.2) is 0 Å². The molecule has 0 aromatic heterocycles. The molecule has 2 N–H and O–H groups in total. The van der Waals surface area contributed by atoms with Crippen molar-refractivity contribution in [1.82, 2.24) is 9.80 Å². The van der Waals surface area contributed by atoms with Crippen LogP contribution in [0.4, 0.5) is 0 Å². The van der Waals surface area contributed by atoms with Crippen molar-refractivity contribution in [2.45, 2.75) is 38.3 Å². The Bertz CT molecular complexity index is 153. The van der Waals surface area contributed by atoms with E-state index in [0.717, 1.165) is 19.0 Å². The van der Waals surface area contributed by atoms with Crippen LogP contribution in [0.2, 0.25) is 0 Å². The highest BCUT2D eigenvalue weighted by molar-refractivity contribution is 4.78. The molecule has 1 fully saturated rings. The molecule has 14 heavy (non-hydrogen) atoms. The van der Waals surface area contributed by atoms with Crippen LogP contribution >= 0.6 is 0 Å². The molecule has 1 unspecified atom stereocenters. The summed E-state index contributed by atoms with van der Waals surface area (Å²) in [6.45, 7) is 5.67. The van der Waals surface area contributed by atoms with Gasteiger partial charge in [-0.25, -0.2) is 0 Å². The minimum Gasteiger partial charge on any atom is -0.327 e. The summed E-state index contributed by atoms with van der Waals surface area (Å²) in [7, 11) is 4.42. The van der Waals surface area contributed by atoms with Crippen LogP contribution in [0.3, 0.4) is 0 Å². The number of hydrogen-bond acceptors (Lipinski definition) is 3. The molecule has 1 atom stereocenters. The van der Waals surface area contributed by atoms with E-state index in [1.807, 2.05) is 0 Å². The van der Waals surface area contributed by atoms with Crippen molar-refractivity contribution in [1.29, 1.82) is 0 Å². The zero-order valence-electron chi connectivity index (χ0n) is 9.87. The first kappa shape index (κ1) is 12.0. The number of likely N-dealkylation sites (N-methyl/N-ethyl adjacent to an activating group) is 1. The standard InChI is InChI=1S/C11H25N3/c1-4-10(12)9-14(3)11-5-7-13(2)8-6-11/h10-11H,4-9,12H2,1-3H3. The van der Waals surface area contributed by atoms with Crippen LogP contribution in [0.25, 0.3) is 0 Å². The van der Waals surface area contributed by atoms with E-state index >= 15 is 0 Å². The van der Waals surface area contributed by atoms with Crippen LogP contribution in [0.1, 0.15) is 26.2 Å². The van der Waals surface area contributed by atoms with Crippen molar-refractivity contribution in [3.63, 3.8) is 0 Å². The maximum Gasteiger partial charge on any atom is 0.0165 e. The maximum absolute atomic E-state index is 5.96. The zero-order chi connectivity index (χ0) is 10.6. The maximum atomic E-state index is 5.96. The highest BCUT2D eigenvalue weighted by Gasteiger charge is 2.21. The fraction of sp³-hybridized carbons (Fsp3) is 1.00. The molecular weight excluding hydrogens is 174 g/mol. The molecule has 0 saturated carbocycles. The van der Waals surface area contributed by atoms with Gasteiger partial charge in [0, 0.05) is 18.6 Å². The Morgan fingerprint density at radius 2 is 2.00 bits per heavy atom. The summed E-state index contributed by atoms with van der Waals surface area (Å²) >= 11 is 0. The van der Waals surface area contributed by atoms with Crippen LogP contribution in [0, 0.1) is 0 Å². The third-order valence-electron chi connectivity index (χ3n) is 3.36. The first-order valence-electron chi connectivity index (χ1n) is 5.77. The first-order valence-corrected chi connectivity index (χ1v) is 5.77. The third-order valence-corrected chi connectivity index (χ3v) is 3.36. The molecule has 84 valence electrons. The molecule has 3 heteroatoms. The minimum absolute atomic E-state index is 0.347. The lowest BCUT2D eigenvalue weighted by molar-refractivity contribution is 0.138. The lowest BCUT2D eigenvalue weighted by Crippen LogP contribution is -2.45. The molecule has 1 rings (SSSR count). The molecule has 0 aliphatic carbocycles. The van der Waals surface area contributed by atoms with E-state index in [1.54, 1.807) is 0 Å². The van der Waals surface area contributed by atoms with Crippen LogP contribution in [-0.2, 0) is 0 Å². The molecule has 0 aromatic carbocycles. The predicted molar refractivity (Wildman–Crippen MR) is 61.4 cm³/mol. The second kappa shape index (κ2) is 5.69. The highest BCUT2D eigenvalue weighted by Crippen LogP contribution is 2.14. The van der Waals surface area contributed by atoms with Crippen molar-refractivity contribution in [2.24, 2.45) is 5.73 Å². The molecule has 0 bridgehead atoms. The van der Waals surface area contributed by atoms with Gasteiger partial charge in [-0.15, -0.1) is 0 Å². The molecule has 0 amide bonds. The number of nitrogens with zero attached hydrogens (tertiary/aromatic N) is 2. The van der Waals surface area contributed by atoms with Gasteiger partial charge in [0.25, 0.3) is 0 Å². The van der Waals surface area contributed by atoms with Gasteiger partial charge >= 0.3 is 0 Å². The Kier molecular flexibility index (Phi) is 4.85. The van der Waals surface area contributed by atoms with Gasteiger partial charge in [-0.05, 0) is 46.4 Å². The summed E-state index contributed by atoms with van der Waals surface area (Å²) in [5.74, 6) is 0. The summed E-state index contributed by atoms with van der Waals surface area (Å²) in [4.78, 5) is 4.85.